The smallest absolute Gasteiger partial charge is 0.306 e. The van der Waals surface area contributed by atoms with E-state index in [1.807, 2.05) is 20.8 Å². The highest BCUT2D eigenvalue weighted by atomic mass is 16.6. The molecule has 0 bridgehead atoms. The summed E-state index contributed by atoms with van der Waals surface area (Å²) in [5, 5.41) is 45.1. The largest absolute Gasteiger partial charge is 0.455 e. The highest BCUT2D eigenvalue weighted by Gasteiger charge is 2.86. The number of esters is 1. The maximum atomic E-state index is 12.9. The lowest BCUT2D eigenvalue weighted by Crippen LogP contribution is -2.65. The van der Waals surface area contributed by atoms with Crippen molar-refractivity contribution < 1.29 is 34.8 Å². The summed E-state index contributed by atoms with van der Waals surface area (Å²) in [5.74, 6) is -3.64. The third-order valence-electron chi connectivity index (χ3n) is 8.73. The number of fused-ring (bicyclic) bond motifs is 5. The molecule has 4 aliphatic rings. The summed E-state index contributed by atoms with van der Waals surface area (Å²) in [6, 6.07) is 0. The van der Waals surface area contributed by atoms with Crippen LogP contribution in [0.3, 0.4) is 0 Å². The van der Waals surface area contributed by atoms with Gasteiger partial charge in [-0.2, -0.15) is 0 Å². The van der Waals surface area contributed by atoms with Crippen molar-refractivity contribution in [3.05, 3.63) is 23.3 Å². The van der Waals surface area contributed by atoms with E-state index in [0.29, 0.717) is 17.6 Å². The lowest BCUT2D eigenvalue weighted by atomic mass is 9.59. The Morgan fingerprint density at radius 2 is 1.90 bits per heavy atom. The van der Waals surface area contributed by atoms with Crippen LogP contribution in [-0.2, 0) is 14.3 Å². The van der Waals surface area contributed by atoms with Gasteiger partial charge in [-0.1, -0.05) is 39.8 Å². The number of carbonyl (C=O) groups is 2. The molecule has 0 radical (unpaired) electrons. The van der Waals surface area contributed by atoms with Crippen LogP contribution in [0.15, 0.2) is 23.3 Å². The Labute approximate surface area is 182 Å². The molecule has 0 aromatic rings. The SMILES string of the molecule is CCCC(=O)OC12C(O)C(C)C3(O)C(C=C(CO)CC4(O)C(=O)C(C)=CC43)C1C2(C)C. The van der Waals surface area contributed by atoms with E-state index in [4.69, 9.17) is 4.74 Å². The lowest BCUT2D eigenvalue weighted by molar-refractivity contribution is -0.219. The van der Waals surface area contributed by atoms with Crippen LogP contribution in [0.2, 0.25) is 0 Å². The number of carbonyl (C=O) groups excluding carboxylic acids is 2. The van der Waals surface area contributed by atoms with Crippen molar-refractivity contribution in [3.8, 4) is 0 Å². The molecular weight excluding hydrogens is 400 g/mol. The van der Waals surface area contributed by atoms with E-state index in [2.05, 4.69) is 0 Å². The zero-order valence-corrected chi connectivity index (χ0v) is 18.9. The van der Waals surface area contributed by atoms with Gasteiger partial charge in [-0.05, 0) is 24.5 Å². The van der Waals surface area contributed by atoms with Gasteiger partial charge in [0.25, 0.3) is 0 Å². The van der Waals surface area contributed by atoms with Crippen LogP contribution in [0.4, 0.5) is 0 Å². The second-order valence-corrected chi connectivity index (χ2v) is 10.6. The van der Waals surface area contributed by atoms with Gasteiger partial charge >= 0.3 is 5.97 Å². The Hall–Kier alpha value is -1.54. The molecule has 4 N–H and O–H groups in total. The van der Waals surface area contributed by atoms with E-state index in [1.54, 1.807) is 26.0 Å². The maximum Gasteiger partial charge on any atom is 0.306 e. The molecule has 2 fully saturated rings. The Morgan fingerprint density at radius 1 is 1.26 bits per heavy atom. The van der Waals surface area contributed by atoms with Crippen LogP contribution in [0.1, 0.15) is 53.9 Å². The topological polar surface area (TPSA) is 124 Å². The standard InChI is InChI=1S/C24H34O7/c1-6-7-17(26)31-24-18(21(24,4)5)15-9-14(11-25)10-22(29)16(8-12(2)19(22)27)23(15,30)13(3)20(24)28/h8-9,13,15-16,18,20,25,28-30H,6-7,10-11H2,1-5H3. The van der Waals surface area contributed by atoms with Crippen LogP contribution in [0.25, 0.3) is 0 Å². The van der Waals surface area contributed by atoms with E-state index in [0.717, 1.165) is 0 Å². The Kier molecular flexibility index (Phi) is 4.92. The molecule has 0 heterocycles. The van der Waals surface area contributed by atoms with Crippen molar-refractivity contribution in [1.82, 2.24) is 0 Å². The van der Waals surface area contributed by atoms with Gasteiger partial charge in [0.1, 0.15) is 11.2 Å². The number of ketones is 1. The number of ether oxygens (including phenoxy) is 1. The van der Waals surface area contributed by atoms with Crippen molar-refractivity contribution in [1.29, 1.82) is 0 Å². The fourth-order valence-electron chi connectivity index (χ4n) is 7.11. The Balaban J connectivity index is 1.88. The zero-order valence-electron chi connectivity index (χ0n) is 18.9. The normalized spacial score (nSPS) is 47.4. The number of hydrogen-bond acceptors (Lipinski definition) is 7. The number of Topliss-reactive ketones (excluding diaryl/α,β-unsaturated/α-hetero) is 1. The van der Waals surface area contributed by atoms with Gasteiger partial charge in [0, 0.05) is 41.9 Å². The summed E-state index contributed by atoms with van der Waals surface area (Å²) < 4.78 is 5.94. The molecule has 0 aromatic carbocycles. The van der Waals surface area contributed by atoms with E-state index in [1.165, 1.54) is 0 Å². The minimum atomic E-state index is -1.88. The van der Waals surface area contributed by atoms with Crippen LogP contribution < -0.4 is 0 Å². The van der Waals surface area contributed by atoms with Gasteiger partial charge in [-0.15, -0.1) is 0 Å². The van der Waals surface area contributed by atoms with Crippen molar-refractivity contribution >= 4 is 11.8 Å². The van der Waals surface area contributed by atoms with E-state index >= 15 is 0 Å². The molecule has 31 heavy (non-hydrogen) atoms. The molecule has 0 amide bonds. The molecule has 2 saturated carbocycles. The number of aliphatic hydroxyl groups is 4. The van der Waals surface area contributed by atoms with Gasteiger partial charge in [-0.25, -0.2) is 0 Å². The first kappa shape index (κ1) is 22.6. The summed E-state index contributed by atoms with van der Waals surface area (Å²) in [7, 11) is 0. The second kappa shape index (κ2) is 6.73. The highest BCUT2D eigenvalue weighted by Crippen LogP contribution is 2.76. The summed E-state index contributed by atoms with van der Waals surface area (Å²) in [4.78, 5) is 25.4. The molecule has 0 aliphatic heterocycles. The average molecular weight is 435 g/mol. The predicted molar refractivity (Wildman–Crippen MR) is 112 cm³/mol. The quantitative estimate of drug-likeness (QED) is 0.388. The van der Waals surface area contributed by atoms with Crippen molar-refractivity contribution in [2.45, 2.75) is 76.8 Å². The number of rotatable bonds is 4. The molecule has 0 aromatic heterocycles. The third kappa shape index (κ3) is 2.55. The molecular formula is C24H34O7. The monoisotopic (exact) mass is 434 g/mol. The summed E-state index contributed by atoms with van der Waals surface area (Å²) in [5.41, 5.74) is -4.52. The molecule has 8 atom stereocenters. The van der Waals surface area contributed by atoms with Gasteiger partial charge in [0.05, 0.1) is 18.3 Å². The summed E-state index contributed by atoms with van der Waals surface area (Å²) >= 11 is 0. The minimum absolute atomic E-state index is 0.0851. The van der Waals surface area contributed by atoms with Crippen molar-refractivity contribution in [3.63, 3.8) is 0 Å². The van der Waals surface area contributed by atoms with Crippen LogP contribution in [-0.4, -0.2) is 61.7 Å². The molecule has 172 valence electrons. The average Bonchev–Trinajstić information content (AvgIpc) is 3.13. The predicted octanol–water partition coefficient (Wildman–Crippen LogP) is 1.28. The van der Waals surface area contributed by atoms with Gasteiger partial charge in [0.15, 0.2) is 5.78 Å². The minimum Gasteiger partial charge on any atom is -0.455 e. The summed E-state index contributed by atoms with van der Waals surface area (Å²) in [6.07, 6.45) is 2.95. The first-order chi connectivity index (χ1) is 14.3. The van der Waals surface area contributed by atoms with E-state index in [9.17, 15) is 30.0 Å². The van der Waals surface area contributed by atoms with E-state index in [-0.39, 0.29) is 19.4 Å². The van der Waals surface area contributed by atoms with Gasteiger partial charge in [0.2, 0.25) is 0 Å². The molecule has 8 unspecified atom stereocenters. The fraction of sp³-hybridized carbons (Fsp3) is 0.750. The molecule has 7 heteroatoms. The fourth-order valence-corrected chi connectivity index (χ4v) is 7.11. The van der Waals surface area contributed by atoms with Gasteiger partial charge in [-0.3, -0.25) is 9.59 Å². The van der Waals surface area contributed by atoms with Gasteiger partial charge < -0.3 is 25.2 Å². The Bertz CT molecular complexity index is 888. The molecule has 7 nitrogen and oxygen atoms in total. The molecule has 0 spiro atoms. The highest BCUT2D eigenvalue weighted by molar-refractivity contribution is 6.04. The number of aliphatic hydroxyl groups excluding tert-OH is 2. The van der Waals surface area contributed by atoms with Crippen LogP contribution in [0, 0.1) is 29.1 Å². The Morgan fingerprint density at radius 3 is 2.48 bits per heavy atom. The maximum absolute atomic E-state index is 12.9. The van der Waals surface area contributed by atoms with E-state index < -0.39 is 63.7 Å². The van der Waals surface area contributed by atoms with Crippen molar-refractivity contribution in [2.75, 3.05) is 6.61 Å². The molecule has 4 aliphatic carbocycles. The van der Waals surface area contributed by atoms with Crippen LogP contribution in [0.5, 0.6) is 0 Å². The first-order valence-corrected chi connectivity index (χ1v) is 11.2. The number of hydrogen-bond donors (Lipinski definition) is 4. The van der Waals surface area contributed by atoms with Crippen LogP contribution >= 0.6 is 0 Å². The molecule has 0 saturated heterocycles. The van der Waals surface area contributed by atoms with Crippen molar-refractivity contribution in [2.24, 2.45) is 29.1 Å². The first-order valence-electron chi connectivity index (χ1n) is 11.2. The molecule has 4 rings (SSSR count). The third-order valence-corrected chi connectivity index (χ3v) is 8.73. The summed E-state index contributed by atoms with van der Waals surface area (Å²) in [6.45, 7) is 8.62. The lowest BCUT2D eigenvalue weighted by Gasteiger charge is -2.52. The zero-order chi connectivity index (χ0) is 23.1. The second-order valence-electron chi connectivity index (χ2n) is 10.6.